The summed E-state index contributed by atoms with van der Waals surface area (Å²) < 4.78 is 34.8. The summed E-state index contributed by atoms with van der Waals surface area (Å²) in [6, 6.07) is 13.3. The SMILES string of the molecule is CCOc1cccc(-c2cc(F)c(NC(=O)c3c(C)cccc3C(=O)O)c(F)c2)c1. The summed E-state index contributed by atoms with van der Waals surface area (Å²) in [7, 11) is 0. The molecule has 0 aliphatic carbocycles. The first-order valence-corrected chi connectivity index (χ1v) is 9.18. The van der Waals surface area contributed by atoms with E-state index in [1.54, 1.807) is 37.3 Å². The number of carbonyl (C=O) groups excluding carboxylic acids is 1. The number of amides is 1. The maximum atomic E-state index is 14.7. The van der Waals surface area contributed by atoms with Crippen molar-refractivity contribution in [3.63, 3.8) is 0 Å². The van der Waals surface area contributed by atoms with Crippen LogP contribution >= 0.6 is 0 Å². The Labute approximate surface area is 171 Å². The van der Waals surface area contributed by atoms with Crippen LogP contribution in [0.1, 0.15) is 33.2 Å². The fraction of sp³-hybridized carbons (Fsp3) is 0.130. The third-order valence-electron chi connectivity index (χ3n) is 4.49. The van der Waals surface area contributed by atoms with Gasteiger partial charge < -0.3 is 15.2 Å². The van der Waals surface area contributed by atoms with Crippen molar-refractivity contribution in [3.05, 3.63) is 82.9 Å². The van der Waals surface area contributed by atoms with E-state index in [-0.39, 0.29) is 16.7 Å². The van der Waals surface area contributed by atoms with Gasteiger partial charge >= 0.3 is 5.97 Å². The van der Waals surface area contributed by atoms with Crippen LogP contribution in [-0.4, -0.2) is 23.6 Å². The minimum Gasteiger partial charge on any atom is -0.494 e. The van der Waals surface area contributed by atoms with Crippen molar-refractivity contribution < 1.29 is 28.2 Å². The average Bonchev–Trinajstić information content (AvgIpc) is 2.70. The van der Waals surface area contributed by atoms with Gasteiger partial charge in [0.15, 0.2) is 0 Å². The largest absolute Gasteiger partial charge is 0.494 e. The van der Waals surface area contributed by atoms with Gasteiger partial charge in [0, 0.05) is 0 Å². The molecule has 0 aliphatic rings. The van der Waals surface area contributed by atoms with E-state index >= 15 is 0 Å². The van der Waals surface area contributed by atoms with Crippen LogP contribution in [-0.2, 0) is 0 Å². The van der Waals surface area contributed by atoms with Crippen LogP contribution in [0.4, 0.5) is 14.5 Å². The van der Waals surface area contributed by atoms with E-state index in [1.165, 1.54) is 12.1 Å². The molecule has 0 radical (unpaired) electrons. The summed E-state index contributed by atoms with van der Waals surface area (Å²) in [5, 5.41) is 11.5. The van der Waals surface area contributed by atoms with E-state index in [0.717, 1.165) is 12.1 Å². The molecule has 0 fully saturated rings. The van der Waals surface area contributed by atoms with Gasteiger partial charge in [-0.2, -0.15) is 0 Å². The van der Waals surface area contributed by atoms with Gasteiger partial charge in [-0.1, -0.05) is 24.3 Å². The van der Waals surface area contributed by atoms with E-state index in [1.807, 2.05) is 6.92 Å². The molecule has 5 nitrogen and oxygen atoms in total. The van der Waals surface area contributed by atoms with Gasteiger partial charge in [0.05, 0.1) is 17.7 Å². The Morgan fingerprint density at radius 3 is 2.30 bits per heavy atom. The molecule has 2 N–H and O–H groups in total. The van der Waals surface area contributed by atoms with E-state index in [4.69, 9.17) is 4.74 Å². The number of hydrogen-bond donors (Lipinski definition) is 2. The van der Waals surface area contributed by atoms with Crippen molar-refractivity contribution in [3.8, 4) is 16.9 Å². The molecule has 3 rings (SSSR count). The van der Waals surface area contributed by atoms with E-state index in [0.29, 0.717) is 23.5 Å². The fourth-order valence-electron chi connectivity index (χ4n) is 3.11. The molecule has 154 valence electrons. The third kappa shape index (κ3) is 4.30. The number of rotatable bonds is 6. The van der Waals surface area contributed by atoms with Gasteiger partial charge in [0.25, 0.3) is 5.91 Å². The molecule has 0 spiro atoms. The highest BCUT2D eigenvalue weighted by molar-refractivity contribution is 6.11. The summed E-state index contributed by atoms with van der Waals surface area (Å²) in [6.45, 7) is 3.82. The number of hydrogen-bond acceptors (Lipinski definition) is 3. The second kappa shape index (κ2) is 8.73. The van der Waals surface area contributed by atoms with Crippen LogP contribution in [0.25, 0.3) is 11.1 Å². The smallest absolute Gasteiger partial charge is 0.336 e. The predicted octanol–water partition coefficient (Wildman–Crippen LogP) is 5.29. The summed E-state index contributed by atoms with van der Waals surface area (Å²) in [6.07, 6.45) is 0. The highest BCUT2D eigenvalue weighted by atomic mass is 19.1. The van der Waals surface area contributed by atoms with Gasteiger partial charge in [-0.25, -0.2) is 13.6 Å². The van der Waals surface area contributed by atoms with Crippen LogP contribution in [0, 0.1) is 18.6 Å². The number of anilines is 1. The standard InChI is InChI=1S/C23H19F2NO4/c1-3-30-16-8-5-7-14(10-16)15-11-18(24)21(19(25)12-15)26-22(27)20-13(2)6-4-9-17(20)23(28)29/h4-12H,3H2,1-2H3,(H,26,27)(H,28,29). The van der Waals surface area contributed by atoms with E-state index in [9.17, 15) is 23.5 Å². The quantitative estimate of drug-likeness (QED) is 0.578. The molecule has 0 bridgehead atoms. The van der Waals surface area contributed by atoms with Crippen molar-refractivity contribution in [2.24, 2.45) is 0 Å². The summed E-state index contributed by atoms with van der Waals surface area (Å²) in [5.74, 6) is -3.62. The minimum atomic E-state index is -1.31. The first-order valence-electron chi connectivity index (χ1n) is 9.18. The molecule has 30 heavy (non-hydrogen) atoms. The molecule has 0 saturated carbocycles. The van der Waals surface area contributed by atoms with Crippen LogP contribution in [0.3, 0.4) is 0 Å². The number of carbonyl (C=O) groups is 2. The van der Waals surface area contributed by atoms with Crippen molar-refractivity contribution >= 4 is 17.6 Å². The fourth-order valence-corrected chi connectivity index (χ4v) is 3.11. The molecule has 7 heteroatoms. The van der Waals surface area contributed by atoms with Crippen LogP contribution in [0.5, 0.6) is 5.75 Å². The third-order valence-corrected chi connectivity index (χ3v) is 4.49. The molecular formula is C23H19F2NO4. The Hall–Kier alpha value is -3.74. The lowest BCUT2D eigenvalue weighted by molar-refractivity contribution is 0.0692. The van der Waals surface area contributed by atoms with Gasteiger partial charge in [0.1, 0.15) is 23.1 Å². The molecule has 1 amide bonds. The zero-order chi connectivity index (χ0) is 21.8. The van der Waals surface area contributed by atoms with Crippen LogP contribution in [0.2, 0.25) is 0 Å². The molecule has 3 aromatic carbocycles. The maximum absolute atomic E-state index is 14.7. The zero-order valence-corrected chi connectivity index (χ0v) is 16.3. The Morgan fingerprint density at radius 1 is 1.00 bits per heavy atom. The molecule has 0 saturated heterocycles. The number of ether oxygens (including phenoxy) is 1. The first kappa shape index (κ1) is 21.0. The monoisotopic (exact) mass is 411 g/mol. The van der Waals surface area contributed by atoms with Gasteiger partial charge in [-0.05, 0) is 60.9 Å². The van der Waals surface area contributed by atoms with Crippen molar-refractivity contribution in [2.45, 2.75) is 13.8 Å². The maximum Gasteiger partial charge on any atom is 0.336 e. The molecular weight excluding hydrogens is 392 g/mol. The second-order valence-corrected chi connectivity index (χ2v) is 6.53. The molecule has 0 heterocycles. The van der Waals surface area contributed by atoms with Gasteiger partial charge in [0.2, 0.25) is 0 Å². The normalized spacial score (nSPS) is 10.5. The summed E-state index contributed by atoms with van der Waals surface area (Å²) in [4.78, 5) is 24.0. The number of benzene rings is 3. The molecule has 0 unspecified atom stereocenters. The summed E-state index contributed by atoms with van der Waals surface area (Å²) in [5.41, 5.74) is 0.132. The number of carboxylic acid groups (broad SMARTS) is 1. The van der Waals surface area contributed by atoms with Crippen LogP contribution in [0.15, 0.2) is 54.6 Å². The van der Waals surface area contributed by atoms with Crippen molar-refractivity contribution in [1.82, 2.24) is 0 Å². The van der Waals surface area contributed by atoms with Gasteiger partial charge in [-0.3, -0.25) is 4.79 Å². The molecule has 0 aromatic heterocycles. The number of nitrogens with one attached hydrogen (secondary N) is 1. The Morgan fingerprint density at radius 2 is 1.67 bits per heavy atom. The predicted molar refractivity (Wildman–Crippen MR) is 109 cm³/mol. The second-order valence-electron chi connectivity index (χ2n) is 6.53. The number of carboxylic acids is 1. The van der Waals surface area contributed by atoms with E-state index in [2.05, 4.69) is 5.32 Å². The number of aromatic carboxylic acids is 1. The van der Waals surface area contributed by atoms with Crippen molar-refractivity contribution in [2.75, 3.05) is 11.9 Å². The lowest BCUT2D eigenvalue weighted by Crippen LogP contribution is -2.19. The first-order chi connectivity index (χ1) is 14.3. The zero-order valence-electron chi connectivity index (χ0n) is 16.3. The minimum absolute atomic E-state index is 0.155. The lowest BCUT2D eigenvalue weighted by atomic mass is 10.0. The lowest BCUT2D eigenvalue weighted by Gasteiger charge is -2.13. The Balaban J connectivity index is 1.95. The summed E-state index contributed by atoms with van der Waals surface area (Å²) >= 11 is 0. The topological polar surface area (TPSA) is 75.6 Å². The van der Waals surface area contributed by atoms with Crippen molar-refractivity contribution in [1.29, 1.82) is 0 Å². The van der Waals surface area contributed by atoms with Crippen LogP contribution < -0.4 is 10.1 Å². The van der Waals surface area contributed by atoms with Gasteiger partial charge in [-0.15, -0.1) is 0 Å². The highest BCUT2D eigenvalue weighted by Gasteiger charge is 2.22. The Bertz CT molecular complexity index is 1100. The average molecular weight is 411 g/mol. The number of halogens is 2. The molecule has 0 atom stereocenters. The highest BCUT2D eigenvalue weighted by Crippen LogP contribution is 2.30. The Kier molecular flexibility index (Phi) is 6.11. The number of aryl methyl sites for hydroxylation is 1. The molecule has 3 aromatic rings. The molecule has 0 aliphatic heterocycles. The van der Waals surface area contributed by atoms with E-state index < -0.39 is 29.2 Å².